The molecule has 0 unspecified atom stereocenters. The lowest BCUT2D eigenvalue weighted by molar-refractivity contribution is -0.223. The molecule has 158 valence electrons. The molecule has 2 aliphatic heterocycles. The third-order valence-electron chi connectivity index (χ3n) is 6.09. The van der Waals surface area contributed by atoms with Gasteiger partial charge in [-0.2, -0.15) is 0 Å². The number of nitrogens with one attached hydrogen (secondary N) is 1. The lowest BCUT2D eigenvalue weighted by atomic mass is 9.64. The number of aliphatic hydroxyl groups is 1. The number of amides is 2. The predicted octanol–water partition coefficient (Wildman–Crippen LogP) is 1.67. The molecule has 3 aliphatic rings. The van der Waals surface area contributed by atoms with Crippen molar-refractivity contribution in [2.24, 2.45) is 0 Å². The molecule has 1 aliphatic carbocycles. The summed E-state index contributed by atoms with van der Waals surface area (Å²) in [5.41, 5.74) is -2.03. The van der Waals surface area contributed by atoms with Crippen molar-refractivity contribution in [3.05, 3.63) is 11.6 Å². The normalized spacial score (nSPS) is 41.3. The minimum absolute atomic E-state index is 0.198. The van der Waals surface area contributed by atoms with E-state index in [-0.39, 0.29) is 12.0 Å². The van der Waals surface area contributed by atoms with Gasteiger partial charge < -0.3 is 24.1 Å². The Balaban J connectivity index is 1.81. The van der Waals surface area contributed by atoms with Gasteiger partial charge in [0.25, 0.3) is 0 Å². The van der Waals surface area contributed by atoms with Gasteiger partial charge in [-0.25, -0.2) is 4.79 Å². The van der Waals surface area contributed by atoms with Crippen LogP contribution in [0.25, 0.3) is 0 Å². The second-order valence-corrected chi connectivity index (χ2v) is 8.37. The zero-order chi connectivity index (χ0) is 20.7. The van der Waals surface area contributed by atoms with Crippen LogP contribution in [0.2, 0.25) is 0 Å². The van der Waals surface area contributed by atoms with Crippen molar-refractivity contribution in [2.75, 3.05) is 19.6 Å². The standard InChI is InChI=1S/C19H28ClNO7/c1-11(2)5-6-13-17(3,28-13)19(24)15(25-4)12(7-8-18(19)10-26-18)27-16(23)21-14(22)9-20/h5,12-13,15,24H,6-10H2,1-4H3,(H,21,22,23)/t12-,13+,15-,17+,18+,19+/m1/s1. The van der Waals surface area contributed by atoms with Gasteiger partial charge in [0, 0.05) is 7.11 Å². The Morgan fingerprint density at radius 2 is 2.07 bits per heavy atom. The van der Waals surface area contributed by atoms with Gasteiger partial charge in [0.2, 0.25) is 5.91 Å². The van der Waals surface area contributed by atoms with Gasteiger partial charge in [-0.1, -0.05) is 11.6 Å². The summed E-state index contributed by atoms with van der Waals surface area (Å²) in [6.45, 7) is 6.24. The maximum atomic E-state index is 12.0. The van der Waals surface area contributed by atoms with Gasteiger partial charge in [-0.05, 0) is 40.0 Å². The largest absolute Gasteiger partial charge is 0.443 e. The SMILES string of the molecule is CO[C@@H]1[C@H](OC(=O)NC(=O)CCl)CC[C@]2(CO2)[C@@]1(O)[C@@]1(C)O[C@H]1CC=C(C)C. The summed E-state index contributed by atoms with van der Waals surface area (Å²) < 4.78 is 22.7. The average Bonchev–Trinajstić information content (AvgIpc) is 3.54. The molecule has 0 aromatic heterocycles. The van der Waals surface area contributed by atoms with Gasteiger partial charge in [0.05, 0.1) is 12.7 Å². The Hall–Kier alpha value is -1.19. The van der Waals surface area contributed by atoms with E-state index in [0.717, 1.165) is 5.57 Å². The Bertz CT molecular complexity index is 675. The van der Waals surface area contributed by atoms with Crippen LogP contribution >= 0.6 is 11.6 Å². The van der Waals surface area contributed by atoms with E-state index in [9.17, 15) is 14.7 Å². The number of ether oxygens (including phenoxy) is 4. The first-order chi connectivity index (χ1) is 13.1. The zero-order valence-electron chi connectivity index (χ0n) is 16.6. The summed E-state index contributed by atoms with van der Waals surface area (Å²) >= 11 is 5.40. The summed E-state index contributed by atoms with van der Waals surface area (Å²) in [4.78, 5) is 23.3. The third kappa shape index (κ3) is 3.45. The Kier molecular flexibility index (Phi) is 5.82. The number of imide groups is 1. The molecule has 0 bridgehead atoms. The fourth-order valence-corrected chi connectivity index (χ4v) is 4.47. The second kappa shape index (κ2) is 7.57. The molecular formula is C19H28ClNO7. The summed E-state index contributed by atoms with van der Waals surface area (Å²) in [5, 5.41) is 13.9. The number of alkyl carbamates (subject to hydrolysis) is 1. The Labute approximate surface area is 169 Å². The van der Waals surface area contributed by atoms with Crippen LogP contribution < -0.4 is 5.32 Å². The van der Waals surface area contributed by atoms with E-state index in [1.807, 2.05) is 26.1 Å². The van der Waals surface area contributed by atoms with Gasteiger partial charge >= 0.3 is 6.09 Å². The Morgan fingerprint density at radius 1 is 1.39 bits per heavy atom. The third-order valence-corrected chi connectivity index (χ3v) is 6.33. The monoisotopic (exact) mass is 417 g/mol. The highest BCUT2D eigenvalue weighted by Crippen LogP contribution is 2.62. The summed E-state index contributed by atoms with van der Waals surface area (Å²) in [6, 6.07) is 0. The van der Waals surface area contributed by atoms with E-state index < -0.39 is 41.0 Å². The molecule has 2 amide bonds. The number of hydrogen-bond donors (Lipinski definition) is 2. The number of hydrogen-bond acceptors (Lipinski definition) is 7. The van der Waals surface area contributed by atoms with Crippen molar-refractivity contribution in [3.63, 3.8) is 0 Å². The highest BCUT2D eigenvalue weighted by atomic mass is 35.5. The fraction of sp³-hybridized carbons (Fsp3) is 0.789. The first kappa shape index (κ1) is 21.5. The lowest BCUT2D eigenvalue weighted by Crippen LogP contribution is -2.70. The molecule has 28 heavy (non-hydrogen) atoms. The van der Waals surface area contributed by atoms with Crippen LogP contribution in [0.1, 0.15) is 40.0 Å². The van der Waals surface area contributed by atoms with Crippen LogP contribution in [0.15, 0.2) is 11.6 Å². The molecule has 0 aromatic rings. The van der Waals surface area contributed by atoms with E-state index >= 15 is 0 Å². The molecule has 9 heteroatoms. The summed E-state index contributed by atoms with van der Waals surface area (Å²) in [6.07, 6.45) is 0.873. The molecule has 3 rings (SSSR count). The molecule has 1 spiro atoms. The van der Waals surface area contributed by atoms with E-state index in [1.165, 1.54) is 7.11 Å². The summed E-state index contributed by atoms with van der Waals surface area (Å²) in [5.74, 6) is -1.01. The number of methoxy groups -OCH3 is 1. The van der Waals surface area contributed by atoms with Gasteiger partial charge in [-0.3, -0.25) is 10.1 Å². The summed E-state index contributed by atoms with van der Waals surface area (Å²) in [7, 11) is 1.45. The van der Waals surface area contributed by atoms with Crippen molar-refractivity contribution in [1.82, 2.24) is 5.32 Å². The van der Waals surface area contributed by atoms with Crippen LogP contribution in [-0.4, -0.2) is 71.8 Å². The number of carbonyl (C=O) groups is 2. The van der Waals surface area contributed by atoms with Gasteiger partial charge in [-0.15, -0.1) is 11.6 Å². The molecule has 2 heterocycles. The average molecular weight is 418 g/mol. The van der Waals surface area contributed by atoms with Crippen molar-refractivity contribution < 1.29 is 33.6 Å². The first-order valence-corrected chi connectivity index (χ1v) is 9.93. The molecule has 1 saturated carbocycles. The van der Waals surface area contributed by atoms with Crippen molar-refractivity contribution in [2.45, 2.75) is 75.1 Å². The topological polar surface area (TPSA) is 110 Å². The van der Waals surface area contributed by atoms with Crippen LogP contribution in [0.4, 0.5) is 4.79 Å². The van der Waals surface area contributed by atoms with Crippen LogP contribution in [-0.2, 0) is 23.7 Å². The highest BCUT2D eigenvalue weighted by Gasteiger charge is 2.81. The van der Waals surface area contributed by atoms with Gasteiger partial charge in [0.15, 0.2) is 5.60 Å². The van der Waals surface area contributed by atoms with Crippen LogP contribution in [0.3, 0.4) is 0 Å². The number of allylic oxidation sites excluding steroid dienone is 1. The Morgan fingerprint density at radius 3 is 2.61 bits per heavy atom. The van der Waals surface area contributed by atoms with E-state index in [1.54, 1.807) is 0 Å². The number of halogens is 1. The molecule has 2 N–H and O–H groups in total. The smallest absolute Gasteiger partial charge is 0.414 e. The first-order valence-electron chi connectivity index (χ1n) is 9.40. The quantitative estimate of drug-likeness (QED) is 0.384. The van der Waals surface area contributed by atoms with Crippen LogP contribution in [0, 0.1) is 0 Å². The maximum Gasteiger partial charge on any atom is 0.414 e. The highest BCUT2D eigenvalue weighted by molar-refractivity contribution is 6.28. The zero-order valence-corrected chi connectivity index (χ0v) is 17.4. The molecule has 2 saturated heterocycles. The number of rotatable bonds is 6. The van der Waals surface area contributed by atoms with Crippen molar-refractivity contribution in [1.29, 1.82) is 0 Å². The lowest BCUT2D eigenvalue weighted by Gasteiger charge is -2.49. The fourth-order valence-electron chi connectivity index (χ4n) is 4.40. The molecule has 6 atom stereocenters. The molecule has 0 radical (unpaired) electrons. The second-order valence-electron chi connectivity index (χ2n) is 8.10. The van der Waals surface area contributed by atoms with Gasteiger partial charge in [0.1, 0.15) is 29.3 Å². The molecular weight excluding hydrogens is 390 g/mol. The minimum Gasteiger partial charge on any atom is -0.443 e. The van der Waals surface area contributed by atoms with E-state index in [4.69, 9.17) is 30.5 Å². The predicted molar refractivity (Wildman–Crippen MR) is 100 cm³/mol. The molecule has 3 fully saturated rings. The van der Waals surface area contributed by atoms with E-state index in [2.05, 4.69) is 6.08 Å². The van der Waals surface area contributed by atoms with Crippen molar-refractivity contribution in [3.8, 4) is 0 Å². The number of carbonyl (C=O) groups excluding carboxylic acids is 2. The number of epoxide rings is 2. The molecule has 0 aromatic carbocycles. The minimum atomic E-state index is -1.51. The maximum absolute atomic E-state index is 12.0. The van der Waals surface area contributed by atoms with E-state index in [0.29, 0.717) is 25.9 Å². The van der Waals surface area contributed by atoms with Crippen LogP contribution in [0.5, 0.6) is 0 Å². The molecule has 8 nitrogen and oxygen atoms in total. The van der Waals surface area contributed by atoms with Crippen molar-refractivity contribution >= 4 is 23.6 Å². The number of alkyl halides is 1.